The van der Waals surface area contributed by atoms with E-state index in [0.29, 0.717) is 12.2 Å². The van der Waals surface area contributed by atoms with Crippen molar-refractivity contribution in [3.8, 4) is 11.5 Å². The van der Waals surface area contributed by atoms with Crippen molar-refractivity contribution >= 4 is 5.69 Å². The van der Waals surface area contributed by atoms with E-state index in [2.05, 4.69) is 14.8 Å². The summed E-state index contributed by atoms with van der Waals surface area (Å²) in [5.74, 6) is 0.0612. The maximum absolute atomic E-state index is 12.8. The highest BCUT2D eigenvalue weighted by Crippen LogP contribution is 2.42. The third-order valence-electron chi connectivity index (χ3n) is 2.48. The average Bonchev–Trinajstić information content (AvgIpc) is 2.90. The minimum atomic E-state index is -3.58. The fourth-order valence-electron chi connectivity index (χ4n) is 1.66. The maximum atomic E-state index is 12.8. The molecule has 2 aromatic rings. The van der Waals surface area contributed by atoms with E-state index >= 15 is 0 Å². The van der Waals surface area contributed by atoms with E-state index in [1.54, 1.807) is 18.6 Å². The second-order valence-corrected chi connectivity index (χ2v) is 3.81. The molecule has 0 saturated carbocycles. The lowest BCUT2D eigenvalue weighted by molar-refractivity contribution is -0.286. The number of hydrogen-bond donors (Lipinski definition) is 1. The highest BCUT2D eigenvalue weighted by molar-refractivity contribution is 5.56. The summed E-state index contributed by atoms with van der Waals surface area (Å²) in [5.41, 5.74) is 1.62. The summed E-state index contributed by atoms with van der Waals surface area (Å²) in [6.45, 7) is 0.534. The van der Waals surface area contributed by atoms with Gasteiger partial charge in [-0.05, 0) is 18.2 Å². The number of rotatable bonds is 3. The van der Waals surface area contributed by atoms with Crippen molar-refractivity contribution in [2.24, 2.45) is 0 Å². The first-order valence-corrected chi connectivity index (χ1v) is 5.27. The molecule has 0 unspecified atom stereocenters. The van der Waals surface area contributed by atoms with Gasteiger partial charge in [-0.2, -0.15) is 0 Å². The average molecular weight is 253 g/mol. The minimum absolute atomic E-state index is 0.0252. The smallest absolute Gasteiger partial charge is 0.472 e. The van der Waals surface area contributed by atoms with Crippen LogP contribution < -0.4 is 14.8 Å². The fraction of sp³-hybridized carbons (Fsp3) is 0.167. The second kappa shape index (κ2) is 3.90. The van der Waals surface area contributed by atoms with Crippen LogP contribution in [0.25, 0.3) is 0 Å². The largest absolute Gasteiger partial charge is 0.586 e. The van der Waals surface area contributed by atoms with Gasteiger partial charge in [-0.3, -0.25) is 0 Å². The number of hydrogen-bond acceptors (Lipinski definition) is 4. The van der Waals surface area contributed by atoms with Crippen molar-refractivity contribution in [1.82, 2.24) is 0 Å². The number of halogens is 2. The van der Waals surface area contributed by atoms with Crippen LogP contribution in [-0.2, 0) is 6.54 Å². The number of nitrogens with one attached hydrogen (secondary N) is 1. The summed E-state index contributed by atoms with van der Waals surface area (Å²) in [6.07, 6.45) is -0.406. The van der Waals surface area contributed by atoms with Gasteiger partial charge in [-0.15, -0.1) is 8.78 Å². The third-order valence-corrected chi connectivity index (χ3v) is 2.48. The molecule has 18 heavy (non-hydrogen) atoms. The molecule has 94 valence electrons. The summed E-state index contributed by atoms with van der Waals surface area (Å²) >= 11 is 0. The van der Waals surface area contributed by atoms with Crippen molar-refractivity contribution in [2.45, 2.75) is 12.8 Å². The third kappa shape index (κ3) is 2.09. The number of fused-ring (bicyclic) bond motifs is 1. The van der Waals surface area contributed by atoms with E-state index in [4.69, 9.17) is 4.42 Å². The molecule has 1 aliphatic heterocycles. The van der Waals surface area contributed by atoms with E-state index in [0.717, 1.165) is 5.56 Å². The standard InChI is InChI=1S/C12H9F2NO3/c13-12(14)17-10-2-1-9(5-11(10)18-12)15-6-8-3-4-16-7-8/h1-5,7,15H,6H2. The van der Waals surface area contributed by atoms with E-state index in [1.165, 1.54) is 12.1 Å². The van der Waals surface area contributed by atoms with Crippen LogP contribution in [0.3, 0.4) is 0 Å². The molecule has 0 fully saturated rings. The Kier molecular flexibility index (Phi) is 2.36. The second-order valence-electron chi connectivity index (χ2n) is 3.81. The predicted octanol–water partition coefficient (Wildman–Crippen LogP) is 3.21. The summed E-state index contributed by atoms with van der Waals surface area (Å²) in [4.78, 5) is 0. The van der Waals surface area contributed by atoms with Crippen LogP contribution in [-0.4, -0.2) is 6.29 Å². The summed E-state index contributed by atoms with van der Waals surface area (Å²) < 4.78 is 39.2. The van der Waals surface area contributed by atoms with E-state index in [-0.39, 0.29) is 11.5 Å². The van der Waals surface area contributed by atoms with Gasteiger partial charge in [-0.1, -0.05) is 0 Å². The number of benzene rings is 1. The summed E-state index contributed by atoms with van der Waals surface area (Å²) in [5, 5.41) is 3.06. The van der Waals surface area contributed by atoms with Gasteiger partial charge >= 0.3 is 6.29 Å². The minimum Gasteiger partial charge on any atom is -0.472 e. The van der Waals surface area contributed by atoms with Gasteiger partial charge < -0.3 is 19.2 Å². The highest BCUT2D eigenvalue weighted by Gasteiger charge is 2.43. The van der Waals surface area contributed by atoms with E-state index in [9.17, 15) is 8.78 Å². The molecule has 1 N–H and O–H groups in total. The lowest BCUT2D eigenvalue weighted by Gasteiger charge is -2.05. The molecule has 0 saturated heterocycles. The van der Waals surface area contributed by atoms with Crippen LogP contribution in [0.5, 0.6) is 11.5 Å². The molecule has 0 spiro atoms. The van der Waals surface area contributed by atoms with Gasteiger partial charge in [0.2, 0.25) is 0 Å². The van der Waals surface area contributed by atoms with Gasteiger partial charge in [0.25, 0.3) is 0 Å². The highest BCUT2D eigenvalue weighted by atomic mass is 19.3. The van der Waals surface area contributed by atoms with Gasteiger partial charge in [0, 0.05) is 23.9 Å². The molecule has 1 aliphatic rings. The van der Waals surface area contributed by atoms with Crippen molar-refractivity contribution in [1.29, 1.82) is 0 Å². The Morgan fingerprint density at radius 1 is 1.11 bits per heavy atom. The van der Waals surface area contributed by atoms with Crippen LogP contribution in [0.2, 0.25) is 0 Å². The first kappa shape index (κ1) is 10.9. The molecule has 0 amide bonds. The molecule has 4 nitrogen and oxygen atoms in total. The van der Waals surface area contributed by atoms with Crippen molar-refractivity contribution in [3.63, 3.8) is 0 Å². The molecule has 3 rings (SSSR count). The Labute approximate surface area is 101 Å². The van der Waals surface area contributed by atoms with Crippen LogP contribution in [0, 0.1) is 0 Å². The molecular weight excluding hydrogens is 244 g/mol. The number of anilines is 1. The Bertz CT molecular complexity index is 554. The molecular formula is C12H9F2NO3. The first-order chi connectivity index (χ1) is 8.62. The topological polar surface area (TPSA) is 43.6 Å². The molecule has 1 aromatic heterocycles. The maximum Gasteiger partial charge on any atom is 0.586 e. The molecule has 0 atom stereocenters. The Morgan fingerprint density at radius 2 is 1.94 bits per heavy atom. The molecule has 0 bridgehead atoms. The van der Waals surface area contributed by atoms with Gasteiger partial charge in [0.15, 0.2) is 11.5 Å². The molecule has 0 aliphatic carbocycles. The van der Waals surface area contributed by atoms with Crippen molar-refractivity contribution < 1.29 is 22.7 Å². The molecule has 2 heterocycles. The molecule has 1 aromatic carbocycles. The van der Waals surface area contributed by atoms with E-state index < -0.39 is 6.29 Å². The zero-order valence-corrected chi connectivity index (χ0v) is 9.15. The monoisotopic (exact) mass is 253 g/mol. The number of ether oxygens (including phenoxy) is 2. The Balaban J connectivity index is 1.72. The number of alkyl halides is 2. The first-order valence-electron chi connectivity index (χ1n) is 5.27. The lowest BCUT2D eigenvalue weighted by Crippen LogP contribution is -2.25. The summed E-state index contributed by atoms with van der Waals surface area (Å²) in [7, 11) is 0. The zero-order chi connectivity index (χ0) is 12.6. The van der Waals surface area contributed by atoms with Crippen molar-refractivity contribution in [3.05, 3.63) is 42.4 Å². The van der Waals surface area contributed by atoms with Crippen LogP contribution >= 0.6 is 0 Å². The van der Waals surface area contributed by atoms with Crippen LogP contribution in [0.1, 0.15) is 5.56 Å². The Hall–Kier alpha value is -2.24. The van der Waals surface area contributed by atoms with Gasteiger partial charge in [-0.25, -0.2) is 0 Å². The number of furan rings is 1. The van der Waals surface area contributed by atoms with Gasteiger partial charge in [0.1, 0.15) is 0 Å². The predicted molar refractivity (Wildman–Crippen MR) is 58.7 cm³/mol. The SMILES string of the molecule is FC1(F)Oc2ccc(NCc3ccoc3)cc2O1. The fourth-order valence-corrected chi connectivity index (χ4v) is 1.66. The normalized spacial score (nSPS) is 15.7. The van der Waals surface area contributed by atoms with Crippen molar-refractivity contribution in [2.75, 3.05) is 5.32 Å². The van der Waals surface area contributed by atoms with Crippen LogP contribution in [0.4, 0.5) is 14.5 Å². The van der Waals surface area contributed by atoms with E-state index in [1.807, 2.05) is 6.07 Å². The molecule has 6 heteroatoms. The lowest BCUT2D eigenvalue weighted by atomic mass is 10.2. The zero-order valence-electron chi connectivity index (χ0n) is 9.15. The van der Waals surface area contributed by atoms with Gasteiger partial charge in [0.05, 0.1) is 12.5 Å². The quantitative estimate of drug-likeness (QED) is 0.912. The Morgan fingerprint density at radius 3 is 2.72 bits per heavy atom. The molecule has 0 radical (unpaired) electrons. The summed E-state index contributed by atoms with van der Waals surface area (Å²) in [6, 6.07) is 6.36. The van der Waals surface area contributed by atoms with Crippen LogP contribution in [0.15, 0.2) is 41.2 Å².